The van der Waals surface area contributed by atoms with Crippen molar-refractivity contribution in [2.45, 2.75) is 51.3 Å². The molecular weight excluding hydrogens is 346 g/mol. The van der Waals surface area contributed by atoms with E-state index in [0.29, 0.717) is 6.61 Å². The molecule has 0 aromatic heterocycles. The smallest absolute Gasteiger partial charge is 0.410 e. The molecule has 2 atom stereocenters. The van der Waals surface area contributed by atoms with Gasteiger partial charge in [-0.3, -0.25) is 4.90 Å². The third-order valence-corrected chi connectivity index (χ3v) is 5.80. The van der Waals surface area contributed by atoms with Crippen molar-refractivity contribution in [2.24, 2.45) is 0 Å². The van der Waals surface area contributed by atoms with Crippen molar-refractivity contribution >= 4 is 17.2 Å². The summed E-state index contributed by atoms with van der Waals surface area (Å²) in [6.45, 7) is 6.36. The summed E-state index contributed by atoms with van der Waals surface area (Å²) in [6.07, 6.45) is 6.18. The molecule has 2 aromatic carbocycles. The fourth-order valence-electron chi connectivity index (χ4n) is 4.29. The van der Waals surface area contributed by atoms with Crippen LogP contribution in [0.5, 0.6) is 0 Å². The van der Waals surface area contributed by atoms with Crippen LogP contribution in [0.25, 0.3) is 11.1 Å². The van der Waals surface area contributed by atoms with Crippen molar-refractivity contribution in [3.05, 3.63) is 83.9 Å². The van der Waals surface area contributed by atoms with Gasteiger partial charge in [0, 0.05) is 6.04 Å². The quantitative estimate of drug-likeness (QED) is 0.651. The van der Waals surface area contributed by atoms with Crippen LogP contribution in [0.3, 0.4) is 0 Å². The van der Waals surface area contributed by atoms with Crippen LogP contribution < -0.4 is 0 Å². The predicted octanol–water partition coefficient (Wildman–Crippen LogP) is 6.07. The zero-order chi connectivity index (χ0) is 19.5. The van der Waals surface area contributed by atoms with Gasteiger partial charge in [-0.2, -0.15) is 0 Å². The lowest BCUT2D eigenvalue weighted by Gasteiger charge is -2.44. The number of amides is 1. The highest BCUT2D eigenvalue weighted by Gasteiger charge is 2.38. The molecule has 2 aliphatic heterocycles. The number of carbonyl (C=O) groups is 1. The average molecular weight is 373 g/mol. The molecule has 2 unspecified atom stereocenters. The van der Waals surface area contributed by atoms with Crippen LogP contribution in [0, 0.1) is 0 Å². The van der Waals surface area contributed by atoms with E-state index in [2.05, 4.69) is 36.9 Å². The van der Waals surface area contributed by atoms with Gasteiger partial charge < -0.3 is 4.74 Å². The molecule has 0 spiro atoms. The molecule has 0 radical (unpaired) electrons. The first kappa shape index (κ1) is 18.5. The van der Waals surface area contributed by atoms with E-state index < -0.39 is 0 Å². The van der Waals surface area contributed by atoms with E-state index in [1.807, 2.05) is 42.2 Å². The second-order valence-corrected chi connectivity index (χ2v) is 7.85. The van der Waals surface area contributed by atoms with Crippen LogP contribution >= 0.6 is 0 Å². The first-order valence-corrected chi connectivity index (χ1v) is 10.1. The summed E-state index contributed by atoms with van der Waals surface area (Å²) >= 11 is 0. The van der Waals surface area contributed by atoms with Gasteiger partial charge in [0.15, 0.2) is 0 Å². The predicted molar refractivity (Wildman–Crippen MR) is 114 cm³/mol. The Hall–Kier alpha value is -2.81. The normalized spacial score (nSPS) is 21.0. The Morgan fingerprint density at radius 3 is 2.54 bits per heavy atom. The highest BCUT2D eigenvalue weighted by atomic mass is 16.6. The third-order valence-electron chi connectivity index (χ3n) is 5.80. The Kier molecular flexibility index (Phi) is 5.34. The number of piperidine rings is 1. The van der Waals surface area contributed by atoms with E-state index >= 15 is 0 Å². The molecule has 2 aliphatic rings. The van der Waals surface area contributed by atoms with Crippen molar-refractivity contribution in [2.75, 3.05) is 0 Å². The lowest BCUT2D eigenvalue weighted by atomic mass is 9.83. The zero-order valence-corrected chi connectivity index (χ0v) is 16.4. The van der Waals surface area contributed by atoms with Gasteiger partial charge in [-0.25, -0.2) is 4.79 Å². The SMILES string of the molecule is C=C(C)c1ccc(C2=CC3CCCC(C2)N3C(=O)OCc2ccccc2)cc1. The number of carbonyl (C=O) groups excluding carboxylic acids is 1. The van der Waals surface area contributed by atoms with Gasteiger partial charge in [0.25, 0.3) is 0 Å². The van der Waals surface area contributed by atoms with E-state index in [0.717, 1.165) is 36.8 Å². The fraction of sp³-hybridized carbons (Fsp3) is 0.320. The number of hydrogen-bond acceptors (Lipinski definition) is 2. The van der Waals surface area contributed by atoms with Crippen molar-refractivity contribution in [1.29, 1.82) is 0 Å². The minimum atomic E-state index is -0.188. The summed E-state index contributed by atoms with van der Waals surface area (Å²) < 4.78 is 5.63. The number of rotatable bonds is 4. The molecule has 4 rings (SSSR count). The van der Waals surface area contributed by atoms with Gasteiger partial charge in [0.2, 0.25) is 0 Å². The summed E-state index contributed by atoms with van der Waals surface area (Å²) in [7, 11) is 0. The van der Waals surface area contributed by atoms with Gasteiger partial charge in [0.1, 0.15) is 6.61 Å². The summed E-state index contributed by atoms with van der Waals surface area (Å²) in [6, 6.07) is 18.8. The minimum absolute atomic E-state index is 0.131. The van der Waals surface area contributed by atoms with Crippen LogP contribution in [0.15, 0.2) is 67.3 Å². The average Bonchev–Trinajstić information content (AvgIpc) is 2.72. The monoisotopic (exact) mass is 373 g/mol. The summed E-state index contributed by atoms with van der Waals surface area (Å²) in [5, 5.41) is 0. The van der Waals surface area contributed by atoms with Crippen molar-refractivity contribution in [3.63, 3.8) is 0 Å². The van der Waals surface area contributed by atoms with Gasteiger partial charge in [0.05, 0.1) is 6.04 Å². The maximum Gasteiger partial charge on any atom is 0.410 e. The second kappa shape index (κ2) is 8.05. The number of fused-ring (bicyclic) bond motifs is 2. The molecule has 28 heavy (non-hydrogen) atoms. The van der Waals surface area contributed by atoms with E-state index in [1.54, 1.807) is 0 Å². The van der Waals surface area contributed by atoms with Crippen LogP contribution in [0.4, 0.5) is 4.79 Å². The van der Waals surface area contributed by atoms with Crippen LogP contribution in [0.1, 0.15) is 49.3 Å². The molecule has 2 aromatic rings. The van der Waals surface area contributed by atoms with E-state index in [4.69, 9.17) is 4.74 Å². The van der Waals surface area contributed by atoms with Gasteiger partial charge >= 0.3 is 6.09 Å². The molecule has 144 valence electrons. The number of allylic oxidation sites excluding steroid dienone is 1. The maximum atomic E-state index is 12.8. The van der Waals surface area contributed by atoms with E-state index in [1.165, 1.54) is 16.7 Å². The summed E-state index contributed by atoms with van der Waals surface area (Å²) in [4.78, 5) is 14.8. The molecule has 1 saturated heterocycles. The highest BCUT2D eigenvalue weighted by molar-refractivity contribution is 5.75. The highest BCUT2D eigenvalue weighted by Crippen LogP contribution is 2.37. The van der Waals surface area contributed by atoms with Crippen molar-refractivity contribution < 1.29 is 9.53 Å². The van der Waals surface area contributed by atoms with Gasteiger partial charge in [-0.15, -0.1) is 0 Å². The molecule has 3 heteroatoms. The fourth-order valence-corrected chi connectivity index (χ4v) is 4.29. The Balaban J connectivity index is 1.49. The summed E-state index contributed by atoms with van der Waals surface area (Å²) in [5.41, 5.74) is 5.86. The Morgan fingerprint density at radius 1 is 1.11 bits per heavy atom. The Labute approximate surface area is 167 Å². The van der Waals surface area contributed by atoms with Crippen LogP contribution in [-0.2, 0) is 11.3 Å². The topological polar surface area (TPSA) is 29.5 Å². The maximum absolute atomic E-state index is 12.8. The first-order valence-electron chi connectivity index (χ1n) is 10.1. The number of benzene rings is 2. The van der Waals surface area contributed by atoms with Crippen LogP contribution in [-0.4, -0.2) is 23.1 Å². The first-order chi connectivity index (χ1) is 13.6. The molecule has 3 nitrogen and oxygen atoms in total. The molecule has 0 saturated carbocycles. The Morgan fingerprint density at radius 2 is 1.86 bits per heavy atom. The van der Waals surface area contributed by atoms with Crippen molar-refractivity contribution in [3.8, 4) is 0 Å². The molecule has 0 N–H and O–H groups in total. The molecule has 2 bridgehead atoms. The lowest BCUT2D eigenvalue weighted by Crippen LogP contribution is -2.51. The largest absolute Gasteiger partial charge is 0.445 e. The van der Waals surface area contributed by atoms with Gasteiger partial charge in [-0.05, 0) is 54.9 Å². The summed E-state index contributed by atoms with van der Waals surface area (Å²) in [5.74, 6) is 0. The lowest BCUT2D eigenvalue weighted by molar-refractivity contribution is 0.0510. The molecule has 2 heterocycles. The van der Waals surface area contributed by atoms with E-state index in [-0.39, 0.29) is 18.2 Å². The molecule has 1 amide bonds. The standard InChI is InChI=1S/C25H27NO2/c1-18(2)20-11-13-21(14-12-20)22-15-23-9-6-10-24(16-22)26(23)25(27)28-17-19-7-4-3-5-8-19/h3-5,7-8,11-15,23-24H,1,6,9-10,16-17H2,2H3. The third kappa shape index (κ3) is 3.89. The molecular formula is C25H27NO2. The molecule has 0 aliphatic carbocycles. The number of nitrogens with zero attached hydrogens (tertiary/aromatic N) is 1. The van der Waals surface area contributed by atoms with E-state index in [9.17, 15) is 4.79 Å². The minimum Gasteiger partial charge on any atom is -0.445 e. The molecule has 1 fully saturated rings. The number of hydrogen-bond donors (Lipinski definition) is 0. The second-order valence-electron chi connectivity index (χ2n) is 7.85. The van der Waals surface area contributed by atoms with Crippen molar-refractivity contribution in [1.82, 2.24) is 4.90 Å². The van der Waals surface area contributed by atoms with Crippen LogP contribution in [0.2, 0.25) is 0 Å². The van der Waals surface area contributed by atoms with Gasteiger partial charge in [-0.1, -0.05) is 72.8 Å². The Bertz CT molecular complexity index is 883. The number of ether oxygens (including phenoxy) is 1. The zero-order valence-electron chi connectivity index (χ0n) is 16.4.